The molecular weight excluding hydrogens is 338 g/mol. The molecule has 2 aromatic heterocycles. The summed E-state index contributed by atoms with van der Waals surface area (Å²) in [5, 5.41) is 12.1. The summed E-state index contributed by atoms with van der Waals surface area (Å²) < 4.78 is 1.84. The van der Waals surface area contributed by atoms with Crippen LogP contribution < -0.4 is 10.6 Å². The highest BCUT2D eigenvalue weighted by atomic mass is 16.2. The summed E-state index contributed by atoms with van der Waals surface area (Å²) in [4.78, 5) is 16.5. The average molecular weight is 365 g/mol. The molecule has 3 N–H and O–H groups in total. The lowest BCUT2D eigenvalue weighted by atomic mass is 9.87. The second kappa shape index (κ2) is 7.56. The summed E-state index contributed by atoms with van der Waals surface area (Å²) in [6.07, 6.45) is 9.05. The first kappa shape index (κ1) is 17.8. The molecule has 0 unspecified atom stereocenters. The van der Waals surface area contributed by atoms with Crippen LogP contribution in [-0.4, -0.2) is 40.3 Å². The highest BCUT2D eigenvalue weighted by molar-refractivity contribution is 5.86. The molecule has 6 heteroatoms. The summed E-state index contributed by atoms with van der Waals surface area (Å²) in [6.45, 7) is 4.45. The quantitative estimate of drug-likeness (QED) is 0.628. The van der Waals surface area contributed by atoms with Crippen LogP contribution in [0, 0.1) is 0 Å². The number of piperidine rings is 1. The number of H-pyrrole nitrogens is 1. The maximum atomic E-state index is 13.1. The number of carbonyl (C=O) groups is 1. The molecule has 1 amide bonds. The highest BCUT2D eigenvalue weighted by Gasteiger charge is 2.41. The third kappa shape index (κ3) is 3.25. The lowest BCUT2D eigenvalue weighted by molar-refractivity contribution is -0.131. The zero-order valence-electron chi connectivity index (χ0n) is 15.8. The molecule has 0 radical (unpaired) electrons. The number of fused-ring (bicyclic) bond motifs is 1. The van der Waals surface area contributed by atoms with Gasteiger partial charge in [-0.05, 0) is 56.0 Å². The van der Waals surface area contributed by atoms with Crippen molar-refractivity contribution in [2.24, 2.45) is 0 Å². The van der Waals surface area contributed by atoms with Crippen LogP contribution in [-0.2, 0) is 23.2 Å². The first-order chi connectivity index (χ1) is 13.2. The van der Waals surface area contributed by atoms with Gasteiger partial charge in [-0.3, -0.25) is 9.48 Å². The molecule has 3 aromatic rings. The molecule has 0 atom stereocenters. The van der Waals surface area contributed by atoms with Crippen molar-refractivity contribution in [3.8, 4) is 0 Å². The van der Waals surface area contributed by atoms with Crippen molar-refractivity contribution in [2.45, 2.75) is 38.1 Å². The molecule has 1 fully saturated rings. The number of aromatic amines is 1. The topological polar surface area (TPSA) is 74.7 Å². The summed E-state index contributed by atoms with van der Waals surface area (Å²) in [6, 6.07) is 8.31. The minimum absolute atomic E-state index is 0.0711. The SMILES string of the molecule is CCc1cccc2c(CCNC(=O)C3(n4cccn4)CCNCC3)c[nH]c12. The van der Waals surface area contributed by atoms with Gasteiger partial charge in [-0.1, -0.05) is 25.1 Å². The molecule has 1 aliphatic rings. The van der Waals surface area contributed by atoms with E-state index in [2.05, 4.69) is 52.0 Å². The van der Waals surface area contributed by atoms with Crippen LogP contribution >= 0.6 is 0 Å². The van der Waals surface area contributed by atoms with E-state index in [1.807, 2.05) is 16.9 Å². The zero-order valence-corrected chi connectivity index (χ0v) is 15.8. The fraction of sp³-hybridized carbons (Fsp3) is 0.429. The molecule has 1 aromatic carbocycles. The van der Waals surface area contributed by atoms with E-state index in [9.17, 15) is 4.79 Å². The van der Waals surface area contributed by atoms with Gasteiger partial charge in [-0.25, -0.2) is 0 Å². The van der Waals surface area contributed by atoms with E-state index in [-0.39, 0.29) is 5.91 Å². The molecule has 0 saturated carbocycles. The Balaban J connectivity index is 1.46. The minimum Gasteiger partial charge on any atom is -0.361 e. The van der Waals surface area contributed by atoms with Crippen molar-refractivity contribution < 1.29 is 4.79 Å². The number of nitrogens with zero attached hydrogens (tertiary/aromatic N) is 2. The zero-order chi connectivity index (χ0) is 18.7. The average Bonchev–Trinajstić information content (AvgIpc) is 3.39. The van der Waals surface area contributed by atoms with Crippen molar-refractivity contribution in [1.29, 1.82) is 0 Å². The predicted octanol–water partition coefficient (Wildman–Crippen LogP) is 2.36. The van der Waals surface area contributed by atoms with E-state index in [1.165, 1.54) is 22.0 Å². The molecule has 142 valence electrons. The number of carbonyl (C=O) groups excluding carboxylic acids is 1. The molecule has 1 aliphatic heterocycles. The fourth-order valence-corrected chi connectivity index (χ4v) is 4.17. The van der Waals surface area contributed by atoms with Gasteiger partial charge in [0.15, 0.2) is 0 Å². The van der Waals surface area contributed by atoms with Crippen LogP contribution in [0.3, 0.4) is 0 Å². The van der Waals surface area contributed by atoms with Crippen LogP contribution in [0.2, 0.25) is 0 Å². The molecule has 3 heterocycles. The summed E-state index contributed by atoms with van der Waals surface area (Å²) in [5.74, 6) is 0.0711. The standard InChI is InChI=1S/C21H27N5O/c1-2-16-5-3-6-18-17(15-24-19(16)18)7-11-23-20(27)21(8-12-22-13-9-21)26-14-4-10-25-26/h3-6,10,14-15,22,24H,2,7-9,11-13H2,1H3,(H,23,27). The third-order valence-corrected chi connectivity index (χ3v) is 5.74. The first-order valence-corrected chi connectivity index (χ1v) is 9.81. The fourth-order valence-electron chi connectivity index (χ4n) is 4.17. The number of aromatic nitrogens is 3. The number of benzene rings is 1. The van der Waals surface area contributed by atoms with Crippen LogP contribution in [0.15, 0.2) is 42.9 Å². The minimum atomic E-state index is -0.579. The van der Waals surface area contributed by atoms with E-state index in [0.29, 0.717) is 6.54 Å². The Kier molecular flexibility index (Phi) is 4.99. The maximum absolute atomic E-state index is 13.1. The number of aryl methyl sites for hydroxylation is 1. The van der Waals surface area contributed by atoms with E-state index in [4.69, 9.17) is 0 Å². The van der Waals surface area contributed by atoms with Crippen LogP contribution in [0.25, 0.3) is 10.9 Å². The van der Waals surface area contributed by atoms with Crippen molar-refractivity contribution in [1.82, 2.24) is 25.4 Å². The molecule has 27 heavy (non-hydrogen) atoms. The second-order valence-electron chi connectivity index (χ2n) is 7.25. The molecule has 0 aliphatic carbocycles. The highest BCUT2D eigenvalue weighted by Crippen LogP contribution is 2.27. The van der Waals surface area contributed by atoms with Crippen molar-refractivity contribution in [2.75, 3.05) is 19.6 Å². The lowest BCUT2D eigenvalue weighted by Gasteiger charge is -2.36. The third-order valence-electron chi connectivity index (χ3n) is 5.74. The van der Waals surface area contributed by atoms with E-state index in [0.717, 1.165) is 38.8 Å². The van der Waals surface area contributed by atoms with Crippen molar-refractivity contribution >= 4 is 16.8 Å². The number of hydrogen-bond acceptors (Lipinski definition) is 3. The summed E-state index contributed by atoms with van der Waals surface area (Å²) >= 11 is 0. The monoisotopic (exact) mass is 365 g/mol. The van der Waals surface area contributed by atoms with Gasteiger partial charge in [0, 0.05) is 36.0 Å². The summed E-state index contributed by atoms with van der Waals surface area (Å²) in [7, 11) is 0. The Morgan fingerprint density at radius 1 is 1.26 bits per heavy atom. The Hall–Kier alpha value is -2.60. The predicted molar refractivity (Wildman–Crippen MR) is 107 cm³/mol. The van der Waals surface area contributed by atoms with E-state index in [1.54, 1.807) is 6.20 Å². The van der Waals surface area contributed by atoms with Gasteiger partial charge >= 0.3 is 0 Å². The lowest BCUT2D eigenvalue weighted by Crippen LogP contribution is -2.54. The molecule has 0 spiro atoms. The molecular formula is C21H27N5O. The Labute approximate surface area is 159 Å². The van der Waals surface area contributed by atoms with Gasteiger partial charge in [0.1, 0.15) is 5.54 Å². The molecule has 6 nitrogen and oxygen atoms in total. The molecule has 0 bridgehead atoms. The number of para-hydroxylation sites is 1. The van der Waals surface area contributed by atoms with Crippen molar-refractivity contribution in [3.05, 3.63) is 54.0 Å². The number of nitrogens with one attached hydrogen (secondary N) is 3. The van der Waals surface area contributed by atoms with Crippen LogP contribution in [0.5, 0.6) is 0 Å². The van der Waals surface area contributed by atoms with Gasteiger partial charge in [0.25, 0.3) is 0 Å². The van der Waals surface area contributed by atoms with Gasteiger partial charge in [0.05, 0.1) is 0 Å². The summed E-state index contributed by atoms with van der Waals surface area (Å²) in [5.41, 5.74) is 3.21. The van der Waals surface area contributed by atoms with E-state index < -0.39 is 5.54 Å². The number of rotatable bonds is 6. The van der Waals surface area contributed by atoms with Crippen LogP contribution in [0.4, 0.5) is 0 Å². The van der Waals surface area contributed by atoms with Gasteiger partial charge in [0.2, 0.25) is 5.91 Å². The van der Waals surface area contributed by atoms with Crippen molar-refractivity contribution in [3.63, 3.8) is 0 Å². The van der Waals surface area contributed by atoms with Crippen LogP contribution in [0.1, 0.15) is 30.9 Å². The largest absolute Gasteiger partial charge is 0.361 e. The van der Waals surface area contributed by atoms with Gasteiger partial charge in [-0.2, -0.15) is 5.10 Å². The smallest absolute Gasteiger partial charge is 0.248 e. The number of hydrogen-bond donors (Lipinski definition) is 3. The molecule has 4 rings (SSSR count). The Bertz CT molecular complexity index is 906. The van der Waals surface area contributed by atoms with Gasteiger partial charge in [-0.15, -0.1) is 0 Å². The first-order valence-electron chi connectivity index (χ1n) is 9.81. The Morgan fingerprint density at radius 3 is 2.85 bits per heavy atom. The Morgan fingerprint density at radius 2 is 2.11 bits per heavy atom. The molecule has 1 saturated heterocycles. The number of amides is 1. The normalized spacial score (nSPS) is 16.5. The maximum Gasteiger partial charge on any atom is 0.248 e. The van der Waals surface area contributed by atoms with Gasteiger partial charge < -0.3 is 15.6 Å². The van der Waals surface area contributed by atoms with E-state index >= 15 is 0 Å². The second-order valence-corrected chi connectivity index (χ2v) is 7.25.